The largest absolute Gasteiger partial charge is 0.356 e. The van der Waals surface area contributed by atoms with E-state index in [0.29, 0.717) is 19.4 Å². The van der Waals surface area contributed by atoms with Crippen molar-refractivity contribution < 1.29 is 9.59 Å². The number of likely N-dealkylation sites (tertiary alicyclic amines) is 1. The first-order valence-corrected chi connectivity index (χ1v) is 12.1. The first kappa shape index (κ1) is 22.5. The van der Waals surface area contributed by atoms with E-state index in [4.69, 9.17) is 10.1 Å². The SMILES string of the molecule is CCCNC(=O)CCc1c(C)nc2cc(C3CCCN3C(=O)C3CC=CCC3)nn2c1C. The van der Waals surface area contributed by atoms with Crippen LogP contribution >= 0.6 is 0 Å². The van der Waals surface area contributed by atoms with Gasteiger partial charge in [-0.15, -0.1) is 0 Å². The summed E-state index contributed by atoms with van der Waals surface area (Å²) in [6.45, 7) is 7.61. The van der Waals surface area contributed by atoms with Crippen molar-refractivity contribution in [1.29, 1.82) is 0 Å². The van der Waals surface area contributed by atoms with Crippen LogP contribution in [0, 0.1) is 19.8 Å². The maximum atomic E-state index is 13.2. The van der Waals surface area contributed by atoms with Gasteiger partial charge in [-0.2, -0.15) is 5.10 Å². The highest BCUT2D eigenvalue weighted by atomic mass is 16.2. The fourth-order valence-electron chi connectivity index (χ4n) is 5.05. The van der Waals surface area contributed by atoms with Crippen LogP contribution in [-0.2, 0) is 16.0 Å². The second-order valence-electron chi connectivity index (χ2n) is 9.12. The van der Waals surface area contributed by atoms with Gasteiger partial charge < -0.3 is 10.2 Å². The lowest BCUT2D eigenvalue weighted by Crippen LogP contribution is -2.36. The molecule has 32 heavy (non-hydrogen) atoms. The molecule has 0 aromatic carbocycles. The van der Waals surface area contributed by atoms with Crippen LogP contribution < -0.4 is 5.32 Å². The summed E-state index contributed by atoms with van der Waals surface area (Å²) in [5.41, 5.74) is 4.78. The number of amides is 2. The Labute approximate surface area is 190 Å². The predicted octanol–water partition coefficient (Wildman–Crippen LogP) is 3.82. The minimum Gasteiger partial charge on any atom is -0.356 e. The van der Waals surface area contributed by atoms with Crippen molar-refractivity contribution in [1.82, 2.24) is 24.8 Å². The van der Waals surface area contributed by atoms with Crippen molar-refractivity contribution in [2.75, 3.05) is 13.1 Å². The van der Waals surface area contributed by atoms with Gasteiger partial charge in [-0.3, -0.25) is 9.59 Å². The minimum absolute atomic E-state index is 0.0260. The molecule has 2 aromatic heterocycles. The summed E-state index contributed by atoms with van der Waals surface area (Å²) in [5.74, 6) is 0.448. The first-order chi connectivity index (χ1) is 15.5. The molecule has 7 heteroatoms. The lowest BCUT2D eigenvalue weighted by molar-refractivity contribution is -0.136. The number of aryl methyl sites for hydroxylation is 2. The topological polar surface area (TPSA) is 79.6 Å². The normalized spacial score (nSPS) is 20.8. The molecule has 3 heterocycles. The molecule has 2 amide bonds. The zero-order valence-electron chi connectivity index (χ0n) is 19.6. The molecule has 1 saturated heterocycles. The smallest absolute Gasteiger partial charge is 0.226 e. The minimum atomic E-state index is 0.0260. The van der Waals surface area contributed by atoms with Crippen LogP contribution in [0.25, 0.3) is 5.65 Å². The van der Waals surface area contributed by atoms with Crippen LogP contribution in [0.3, 0.4) is 0 Å². The van der Waals surface area contributed by atoms with E-state index in [9.17, 15) is 9.59 Å². The zero-order valence-corrected chi connectivity index (χ0v) is 19.6. The fourth-order valence-corrected chi connectivity index (χ4v) is 5.05. The number of carbonyl (C=O) groups excluding carboxylic acids is 2. The van der Waals surface area contributed by atoms with Gasteiger partial charge in [0.2, 0.25) is 11.8 Å². The molecule has 0 bridgehead atoms. The Hall–Kier alpha value is -2.70. The molecule has 0 saturated carbocycles. The van der Waals surface area contributed by atoms with Crippen molar-refractivity contribution in [2.24, 2.45) is 5.92 Å². The Kier molecular flexibility index (Phi) is 6.92. The maximum absolute atomic E-state index is 13.2. The molecule has 1 N–H and O–H groups in total. The summed E-state index contributed by atoms with van der Waals surface area (Å²) >= 11 is 0. The Bertz CT molecular complexity index is 1020. The quantitative estimate of drug-likeness (QED) is 0.668. The maximum Gasteiger partial charge on any atom is 0.226 e. The highest BCUT2D eigenvalue weighted by Crippen LogP contribution is 2.35. The van der Waals surface area contributed by atoms with Gasteiger partial charge in [0, 0.05) is 42.9 Å². The third-order valence-electron chi connectivity index (χ3n) is 6.85. The number of rotatable bonds is 7. The van der Waals surface area contributed by atoms with E-state index >= 15 is 0 Å². The highest BCUT2D eigenvalue weighted by Gasteiger charge is 2.35. The van der Waals surface area contributed by atoms with Gasteiger partial charge in [-0.05, 0) is 64.4 Å². The Morgan fingerprint density at radius 1 is 1.22 bits per heavy atom. The van der Waals surface area contributed by atoms with Crippen molar-refractivity contribution in [2.45, 2.75) is 78.2 Å². The number of hydrogen-bond donors (Lipinski definition) is 1. The van der Waals surface area contributed by atoms with E-state index in [1.807, 2.05) is 36.3 Å². The molecule has 7 nitrogen and oxygen atoms in total. The van der Waals surface area contributed by atoms with Gasteiger partial charge in [0.1, 0.15) is 0 Å². The van der Waals surface area contributed by atoms with Gasteiger partial charge in [0.25, 0.3) is 0 Å². The fraction of sp³-hybridized carbons (Fsp3) is 0.600. The molecule has 172 valence electrons. The third kappa shape index (κ3) is 4.57. The first-order valence-electron chi connectivity index (χ1n) is 12.1. The van der Waals surface area contributed by atoms with Crippen LogP contribution in [-0.4, -0.2) is 44.4 Å². The molecular weight excluding hydrogens is 402 g/mol. The van der Waals surface area contributed by atoms with Crippen LogP contribution in [0.1, 0.15) is 80.6 Å². The molecule has 2 unspecified atom stereocenters. The van der Waals surface area contributed by atoms with Gasteiger partial charge in [-0.1, -0.05) is 19.1 Å². The summed E-state index contributed by atoms with van der Waals surface area (Å²) in [5, 5.41) is 7.84. The molecule has 2 aromatic rings. The van der Waals surface area contributed by atoms with E-state index in [1.54, 1.807) is 0 Å². The molecule has 2 aliphatic rings. The average molecular weight is 438 g/mol. The Balaban J connectivity index is 1.55. The van der Waals surface area contributed by atoms with Crippen LogP contribution in [0.2, 0.25) is 0 Å². The number of nitrogens with zero attached hydrogens (tertiary/aromatic N) is 4. The van der Waals surface area contributed by atoms with E-state index in [0.717, 1.165) is 73.4 Å². The predicted molar refractivity (Wildman–Crippen MR) is 124 cm³/mol. The second-order valence-corrected chi connectivity index (χ2v) is 9.12. The molecule has 0 radical (unpaired) electrons. The van der Waals surface area contributed by atoms with E-state index < -0.39 is 0 Å². The number of fused-ring (bicyclic) bond motifs is 1. The van der Waals surface area contributed by atoms with Gasteiger partial charge in [-0.25, -0.2) is 9.50 Å². The lowest BCUT2D eigenvalue weighted by atomic mass is 9.92. The van der Waals surface area contributed by atoms with Crippen LogP contribution in [0.5, 0.6) is 0 Å². The summed E-state index contributed by atoms with van der Waals surface area (Å²) in [6.07, 6.45) is 11.1. The molecule has 4 rings (SSSR count). The van der Waals surface area contributed by atoms with Crippen molar-refractivity contribution in [3.63, 3.8) is 0 Å². The number of hydrogen-bond acceptors (Lipinski definition) is 4. The van der Waals surface area contributed by atoms with Gasteiger partial charge in [0.15, 0.2) is 5.65 Å². The molecule has 0 spiro atoms. The monoisotopic (exact) mass is 437 g/mol. The van der Waals surface area contributed by atoms with Crippen molar-refractivity contribution in [3.05, 3.63) is 40.9 Å². The average Bonchev–Trinajstić information content (AvgIpc) is 3.44. The van der Waals surface area contributed by atoms with Crippen LogP contribution in [0.4, 0.5) is 0 Å². The summed E-state index contributed by atoms with van der Waals surface area (Å²) in [4.78, 5) is 32.1. The highest BCUT2D eigenvalue weighted by molar-refractivity contribution is 5.80. The number of aromatic nitrogens is 3. The number of allylic oxidation sites excluding steroid dienone is 2. The Morgan fingerprint density at radius 3 is 2.81 bits per heavy atom. The Morgan fingerprint density at radius 2 is 2.06 bits per heavy atom. The molecular formula is C25H35N5O2. The molecule has 1 fully saturated rings. The van der Waals surface area contributed by atoms with Crippen molar-refractivity contribution >= 4 is 17.5 Å². The summed E-state index contributed by atoms with van der Waals surface area (Å²) < 4.78 is 1.89. The van der Waals surface area contributed by atoms with E-state index in [-0.39, 0.29) is 23.8 Å². The third-order valence-corrected chi connectivity index (χ3v) is 6.85. The van der Waals surface area contributed by atoms with Crippen molar-refractivity contribution in [3.8, 4) is 0 Å². The summed E-state index contributed by atoms with van der Waals surface area (Å²) in [7, 11) is 0. The lowest BCUT2D eigenvalue weighted by Gasteiger charge is -2.28. The molecule has 1 aliphatic heterocycles. The van der Waals surface area contributed by atoms with E-state index in [1.165, 1.54) is 0 Å². The molecule has 1 aliphatic carbocycles. The number of nitrogens with one attached hydrogen (secondary N) is 1. The standard InChI is InChI=1S/C25H35N5O2/c1-4-14-26-24(31)13-12-20-17(2)27-23-16-21(28-30(23)18(20)3)22-11-8-15-29(22)25(32)19-9-6-5-7-10-19/h5-6,16,19,22H,4,7-15H2,1-3H3,(H,26,31). The van der Waals surface area contributed by atoms with Crippen LogP contribution in [0.15, 0.2) is 18.2 Å². The summed E-state index contributed by atoms with van der Waals surface area (Å²) in [6, 6.07) is 2.06. The van der Waals surface area contributed by atoms with Gasteiger partial charge >= 0.3 is 0 Å². The second kappa shape index (κ2) is 9.84. The molecule has 2 atom stereocenters. The van der Waals surface area contributed by atoms with Gasteiger partial charge in [0.05, 0.1) is 11.7 Å². The number of carbonyl (C=O) groups is 2. The zero-order chi connectivity index (χ0) is 22.7. The van der Waals surface area contributed by atoms with E-state index in [2.05, 4.69) is 17.5 Å².